The summed E-state index contributed by atoms with van der Waals surface area (Å²) in [5.74, 6) is 0.398. The zero-order valence-electron chi connectivity index (χ0n) is 10.7. The molecule has 100 valence electrons. The van der Waals surface area contributed by atoms with E-state index in [-0.39, 0.29) is 18.3 Å². The Morgan fingerprint density at radius 3 is 2.61 bits per heavy atom. The van der Waals surface area contributed by atoms with E-state index in [1.54, 1.807) is 6.92 Å². The fourth-order valence-corrected chi connectivity index (χ4v) is 2.33. The highest BCUT2D eigenvalue weighted by atomic mass is 16.3. The monoisotopic (exact) mass is 252 g/mol. The molecular weight excluding hydrogens is 232 g/mol. The summed E-state index contributed by atoms with van der Waals surface area (Å²) < 4.78 is 0. The Hall–Kier alpha value is -1.43. The summed E-state index contributed by atoms with van der Waals surface area (Å²) in [6.45, 7) is 2.02. The zero-order chi connectivity index (χ0) is 13.0. The van der Waals surface area contributed by atoms with E-state index < -0.39 is 5.60 Å². The van der Waals surface area contributed by atoms with Gasteiger partial charge in [0.05, 0.1) is 5.60 Å². The van der Waals surface area contributed by atoms with Crippen LogP contribution >= 0.6 is 0 Å². The van der Waals surface area contributed by atoms with Crippen molar-refractivity contribution in [1.29, 1.82) is 0 Å². The molecule has 0 aliphatic heterocycles. The first-order chi connectivity index (χ1) is 8.59. The SMILES string of the molecule is Cc1nc(C(=O)NCC2(O)CCCCCC2)n[nH]1. The van der Waals surface area contributed by atoms with Crippen LogP contribution in [0, 0.1) is 6.92 Å². The number of hydrogen-bond donors (Lipinski definition) is 3. The van der Waals surface area contributed by atoms with E-state index in [0.29, 0.717) is 5.82 Å². The van der Waals surface area contributed by atoms with Gasteiger partial charge in [0.2, 0.25) is 5.82 Å². The molecule has 1 amide bonds. The Morgan fingerprint density at radius 1 is 1.39 bits per heavy atom. The van der Waals surface area contributed by atoms with Gasteiger partial charge in [-0.3, -0.25) is 9.89 Å². The van der Waals surface area contributed by atoms with Gasteiger partial charge in [0.15, 0.2) is 0 Å². The largest absolute Gasteiger partial charge is 0.388 e. The van der Waals surface area contributed by atoms with E-state index in [1.165, 1.54) is 0 Å². The maximum absolute atomic E-state index is 11.8. The maximum Gasteiger partial charge on any atom is 0.291 e. The number of nitrogens with zero attached hydrogens (tertiary/aromatic N) is 2. The fourth-order valence-electron chi connectivity index (χ4n) is 2.33. The molecule has 2 rings (SSSR count). The molecule has 1 fully saturated rings. The van der Waals surface area contributed by atoms with Gasteiger partial charge in [-0.1, -0.05) is 25.7 Å². The second-order valence-corrected chi connectivity index (χ2v) is 5.07. The van der Waals surface area contributed by atoms with E-state index >= 15 is 0 Å². The van der Waals surface area contributed by atoms with Gasteiger partial charge < -0.3 is 10.4 Å². The molecule has 0 radical (unpaired) electrons. The van der Waals surface area contributed by atoms with E-state index in [4.69, 9.17) is 0 Å². The quantitative estimate of drug-likeness (QED) is 0.698. The second-order valence-electron chi connectivity index (χ2n) is 5.07. The van der Waals surface area contributed by atoms with Crippen LogP contribution < -0.4 is 5.32 Å². The van der Waals surface area contributed by atoms with Gasteiger partial charge >= 0.3 is 0 Å². The number of rotatable bonds is 3. The average Bonchev–Trinajstić information content (AvgIpc) is 2.66. The minimum atomic E-state index is -0.766. The number of carbonyl (C=O) groups is 1. The highest BCUT2D eigenvalue weighted by Crippen LogP contribution is 2.26. The van der Waals surface area contributed by atoms with Crippen molar-refractivity contribution in [1.82, 2.24) is 20.5 Å². The van der Waals surface area contributed by atoms with Crippen LogP contribution in [0.5, 0.6) is 0 Å². The van der Waals surface area contributed by atoms with E-state index in [0.717, 1.165) is 38.5 Å². The van der Waals surface area contributed by atoms with Crippen LogP contribution in [0.2, 0.25) is 0 Å². The number of aryl methyl sites for hydroxylation is 1. The smallest absolute Gasteiger partial charge is 0.291 e. The van der Waals surface area contributed by atoms with Crippen LogP contribution in [-0.4, -0.2) is 38.3 Å². The van der Waals surface area contributed by atoms with Crippen molar-refractivity contribution >= 4 is 5.91 Å². The molecule has 0 saturated heterocycles. The summed E-state index contributed by atoms with van der Waals surface area (Å²) in [5.41, 5.74) is -0.766. The number of aliphatic hydroxyl groups is 1. The van der Waals surface area contributed by atoms with Crippen LogP contribution in [0.4, 0.5) is 0 Å². The molecule has 0 aromatic carbocycles. The molecule has 1 heterocycles. The van der Waals surface area contributed by atoms with Gasteiger partial charge in [0.25, 0.3) is 5.91 Å². The molecule has 1 aromatic rings. The number of carbonyl (C=O) groups excluding carboxylic acids is 1. The van der Waals surface area contributed by atoms with Crippen molar-refractivity contribution in [2.24, 2.45) is 0 Å². The van der Waals surface area contributed by atoms with Crippen molar-refractivity contribution in [3.8, 4) is 0 Å². The summed E-state index contributed by atoms with van der Waals surface area (Å²) in [5, 5.41) is 19.5. The Morgan fingerprint density at radius 2 is 2.06 bits per heavy atom. The Balaban J connectivity index is 1.88. The van der Waals surface area contributed by atoms with E-state index in [1.807, 2.05) is 0 Å². The number of aromatic amines is 1. The third kappa shape index (κ3) is 3.29. The molecule has 0 unspecified atom stereocenters. The lowest BCUT2D eigenvalue weighted by Crippen LogP contribution is -2.42. The van der Waals surface area contributed by atoms with Gasteiger partial charge in [-0.15, -0.1) is 5.10 Å². The lowest BCUT2D eigenvalue weighted by molar-refractivity contribution is 0.0245. The van der Waals surface area contributed by atoms with Gasteiger partial charge in [-0.2, -0.15) is 0 Å². The van der Waals surface area contributed by atoms with Crippen molar-refractivity contribution in [3.05, 3.63) is 11.6 Å². The molecule has 1 aliphatic rings. The number of hydrogen-bond acceptors (Lipinski definition) is 4. The van der Waals surface area contributed by atoms with Crippen molar-refractivity contribution in [2.45, 2.75) is 51.0 Å². The summed E-state index contributed by atoms with van der Waals surface area (Å²) in [4.78, 5) is 15.7. The van der Waals surface area contributed by atoms with Crippen LogP contribution in [0.15, 0.2) is 0 Å². The van der Waals surface area contributed by atoms with Crippen molar-refractivity contribution in [3.63, 3.8) is 0 Å². The first-order valence-electron chi connectivity index (χ1n) is 6.49. The highest BCUT2D eigenvalue weighted by Gasteiger charge is 2.28. The Kier molecular flexibility index (Phi) is 3.96. The van der Waals surface area contributed by atoms with Gasteiger partial charge in [0.1, 0.15) is 5.82 Å². The molecular formula is C12H20N4O2. The lowest BCUT2D eigenvalue weighted by Gasteiger charge is -2.26. The summed E-state index contributed by atoms with van der Waals surface area (Å²) >= 11 is 0. The van der Waals surface area contributed by atoms with E-state index in [9.17, 15) is 9.90 Å². The number of amides is 1. The molecule has 18 heavy (non-hydrogen) atoms. The minimum absolute atomic E-state index is 0.129. The van der Waals surface area contributed by atoms with E-state index in [2.05, 4.69) is 20.5 Å². The van der Waals surface area contributed by atoms with Crippen molar-refractivity contribution in [2.75, 3.05) is 6.54 Å². The second kappa shape index (κ2) is 5.48. The normalized spacial score (nSPS) is 19.2. The maximum atomic E-state index is 11.8. The Labute approximate surface area is 106 Å². The van der Waals surface area contributed by atoms with Crippen molar-refractivity contribution < 1.29 is 9.90 Å². The third-order valence-electron chi connectivity index (χ3n) is 3.41. The van der Waals surface area contributed by atoms with Crippen LogP contribution in [0.3, 0.4) is 0 Å². The number of H-pyrrole nitrogens is 1. The first kappa shape index (κ1) is 13.0. The summed E-state index contributed by atoms with van der Waals surface area (Å²) in [6, 6.07) is 0. The van der Waals surface area contributed by atoms with Gasteiger partial charge in [-0.05, 0) is 19.8 Å². The summed E-state index contributed by atoms with van der Waals surface area (Å²) in [6.07, 6.45) is 5.87. The molecule has 6 heteroatoms. The predicted molar refractivity (Wildman–Crippen MR) is 66.1 cm³/mol. The molecule has 1 aliphatic carbocycles. The van der Waals surface area contributed by atoms with Crippen LogP contribution in [-0.2, 0) is 0 Å². The molecule has 0 bridgehead atoms. The van der Waals surface area contributed by atoms with Crippen LogP contribution in [0.1, 0.15) is 55.0 Å². The Bertz CT molecular complexity index is 408. The molecule has 1 aromatic heterocycles. The number of aromatic nitrogens is 3. The predicted octanol–water partition coefficient (Wildman–Crippen LogP) is 0.928. The molecule has 0 atom stereocenters. The molecule has 6 nitrogen and oxygen atoms in total. The lowest BCUT2D eigenvalue weighted by atomic mass is 9.94. The fraction of sp³-hybridized carbons (Fsp3) is 0.750. The summed E-state index contributed by atoms with van der Waals surface area (Å²) in [7, 11) is 0. The number of nitrogens with one attached hydrogen (secondary N) is 2. The first-order valence-corrected chi connectivity index (χ1v) is 6.49. The van der Waals surface area contributed by atoms with Crippen LogP contribution in [0.25, 0.3) is 0 Å². The minimum Gasteiger partial charge on any atom is -0.388 e. The standard InChI is InChI=1S/C12H20N4O2/c1-9-14-10(16-15-9)11(17)13-8-12(18)6-4-2-3-5-7-12/h18H,2-8H2,1H3,(H,13,17)(H,14,15,16). The van der Waals surface area contributed by atoms with Gasteiger partial charge in [0, 0.05) is 6.54 Å². The molecule has 0 spiro atoms. The van der Waals surface area contributed by atoms with Gasteiger partial charge in [-0.25, -0.2) is 4.98 Å². The average molecular weight is 252 g/mol. The topological polar surface area (TPSA) is 90.9 Å². The highest BCUT2D eigenvalue weighted by molar-refractivity contribution is 5.90. The molecule has 1 saturated carbocycles. The molecule has 3 N–H and O–H groups in total. The third-order valence-corrected chi connectivity index (χ3v) is 3.41. The zero-order valence-corrected chi connectivity index (χ0v) is 10.7.